The monoisotopic (exact) mass is 349 g/mol. The fourth-order valence-electron chi connectivity index (χ4n) is 2.34. The molecule has 0 unspecified atom stereocenters. The largest absolute Gasteiger partial charge is 0.368 e. The second-order valence-corrected chi connectivity index (χ2v) is 7.31. The SMILES string of the molecule is Cc1noc(C)c1C[C@H](C)C(=O)NCc1cc(COC(C)(C)C)on1. The molecule has 0 aliphatic heterocycles. The predicted molar refractivity (Wildman–Crippen MR) is 91.7 cm³/mol. The highest BCUT2D eigenvalue weighted by Crippen LogP contribution is 2.17. The lowest BCUT2D eigenvalue weighted by Gasteiger charge is -2.17. The van der Waals surface area contributed by atoms with Crippen LogP contribution in [0.3, 0.4) is 0 Å². The first-order valence-electron chi connectivity index (χ1n) is 8.43. The summed E-state index contributed by atoms with van der Waals surface area (Å²) in [5.41, 5.74) is 2.25. The van der Waals surface area contributed by atoms with Crippen LogP contribution in [0.15, 0.2) is 15.1 Å². The van der Waals surface area contributed by atoms with Crippen LogP contribution in [-0.4, -0.2) is 21.8 Å². The zero-order valence-electron chi connectivity index (χ0n) is 15.8. The Hall–Kier alpha value is -2.15. The number of amides is 1. The highest BCUT2D eigenvalue weighted by atomic mass is 16.5. The van der Waals surface area contributed by atoms with Crippen LogP contribution < -0.4 is 5.32 Å². The molecule has 25 heavy (non-hydrogen) atoms. The number of ether oxygens (including phenoxy) is 1. The number of hydrogen-bond acceptors (Lipinski definition) is 6. The maximum absolute atomic E-state index is 12.3. The van der Waals surface area contributed by atoms with Gasteiger partial charge in [0.15, 0.2) is 5.76 Å². The first-order chi connectivity index (χ1) is 11.7. The van der Waals surface area contributed by atoms with E-state index in [9.17, 15) is 4.79 Å². The Bertz CT molecular complexity index is 693. The van der Waals surface area contributed by atoms with Gasteiger partial charge in [-0.15, -0.1) is 0 Å². The topological polar surface area (TPSA) is 90.4 Å². The average Bonchev–Trinajstić information content (AvgIpc) is 3.11. The van der Waals surface area contributed by atoms with E-state index in [1.807, 2.05) is 41.5 Å². The number of nitrogens with one attached hydrogen (secondary N) is 1. The summed E-state index contributed by atoms with van der Waals surface area (Å²) in [7, 11) is 0. The lowest BCUT2D eigenvalue weighted by atomic mass is 9.99. The van der Waals surface area contributed by atoms with Crippen molar-refractivity contribution in [3.05, 3.63) is 34.5 Å². The van der Waals surface area contributed by atoms with Crippen LogP contribution in [0.4, 0.5) is 0 Å². The molecule has 2 heterocycles. The summed E-state index contributed by atoms with van der Waals surface area (Å²) in [6.07, 6.45) is 0.594. The maximum atomic E-state index is 12.3. The molecule has 2 aromatic rings. The third kappa shape index (κ3) is 5.70. The van der Waals surface area contributed by atoms with Crippen molar-refractivity contribution < 1.29 is 18.6 Å². The van der Waals surface area contributed by atoms with E-state index in [1.165, 1.54) is 0 Å². The van der Waals surface area contributed by atoms with Crippen molar-refractivity contribution >= 4 is 5.91 Å². The number of aryl methyl sites for hydroxylation is 2. The van der Waals surface area contributed by atoms with Crippen LogP contribution in [-0.2, 0) is 29.1 Å². The molecule has 7 nitrogen and oxygen atoms in total. The zero-order valence-corrected chi connectivity index (χ0v) is 15.8. The third-order valence-corrected chi connectivity index (χ3v) is 3.84. The van der Waals surface area contributed by atoms with Gasteiger partial charge in [0, 0.05) is 17.5 Å². The Labute approximate surface area is 148 Å². The quantitative estimate of drug-likeness (QED) is 0.826. The summed E-state index contributed by atoms with van der Waals surface area (Å²) in [6.45, 7) is 12.2. The molecule has 0 saturated heterocycles. The molecule has 2 aromatic heterocycles. The van der Waals surface area contributed by atoms with E-state index in [2.05, 4.69) is 15.6 Å². The molecule has 0 saturated carbocycles. The van der Waals surface area contributed by atoms with E-state index < -0.39 is 0 Å². The first-order valence-corrected chi connectivity index (χ1v) is 8.43. The number of carbonyl (C=O) groups is 1. The predicted octanol–water partition coefficient (Wildman–Crippen LogP) is 3.09. The molecule has 0 aliphatic rings. The van der Waals surface area contributed by atoms with Crippen LogP contribution >= 0.6 is 0 Å². The second kappa shape index (κ2) is 7.82. The van der Waals surface area contributed by atoms with Crippen molar-refractivity contribution in [1.29, 1.82) is 0 Å². The molecule has 0 fully saturated rings. The minimum absolute atomic E-state index is 0.0458. The Balaban J connectivity index is 1.82. The normalized spacial score (nSPS) is 13.0. The van der Waals surface area contributed by atoms with E-state index in [1.54, 1.807) is 6.07 Å². The summed E-state index contributed by atoms with van der Waals surface area (Å²) < 4.78 is 16.0. The highest BCUT2D eigenvalue weighted by Gasteiger charge is 2.19. The van der Waals surface area contributed by atoms with Gasteiger partial charge in [0.05, 0.1) is 17.8 Å². The van der Waals surface area contributed by atoms with Gasteiger partial charge < -0.3 is 19.1 Å². The number of hydrogen-bond donors (Lipinski definition) is 1. The van der Waals surface area contributed by atoms with E-state index in [-0.39, 0.29) is 17.4 Å². The van der Waals surface area contributed by atoms with Gasteiger partial charge in [0.2, 0.25) is 5.91 Å². The molecule has 0 aromatic carbocycles. The molecular weight excluding hydrogens is 322 g/mol. The molecule has 0 spiro atoms. The number of rotatable bonds is 7. The van der Waals surface area contributed by atoms with Gasteiger partial charge in [0.1, 0.15) is 18.1 Å². The van der Waals surface area contributed by atoms with Gasteiger partial charge in [-0.2, -0.15) is 0 Å². The van der Waals surface area contributed by atoms with Crippen LogP contribution in [0, 0.1) is 19.8 Å². The van der Waals surface area contributed by atoms with Crippen LogP contribution in [0.1, 0.15) is 56.2 Å². The fourth-order valence-corrected chi connectivity index (χ4v) is 2.34. The lowest BCUT2D eigenvalue weighted by molar-refractivity contribution is -0.124. The molecule has 1 amide bonds. The van der Waals surface area contributed by atoms with Gasteiger partial charge in [-0.1, -0.05) is 17.2 Å². The van der Waals surface area contributed by atoms with E-state index >= 15 is 0 Å². The lowest BCUT2D eigenvalue weighted by Crippen LogP contribution is -2.30. The molecule has 2 rings (SSSR count). The molecule has 1 atom stereocenters. The van der Waals surface area contributed by atoms with Crippen molar-refractivity contribution in [2.45, 2.75) is 66.7 Å². The van der Waals surface area contributed by atoms with Gasteiger partial charge >= 0.3 is 0 Å². The fraction of sp³-hybridized carbons (Fsp3) is 0.611. The number of carbonyl (C=O) groups excluding carboxylic acids is 1. The molecule has 0 radical (unpaired) electrons. The first kappa shape index (κ1) is 19.2. The molecule has 138 valence electrons. The van der Waals surface area contributed by atoms with Gasteiger partial charge in [-0.05, 0) is 41.0 Å². The number of aromatic nitrogens is 2. The summed E-state index contributed by atoms with van der Waals surface area (Å²) in [6, 6.07) is 1.80. The molecule has 0 bridgehead atoms. The standard InChI is InChI=1S/C18H27N3O4/c1-11(7-16-12(2)20-24-13(16)3)17(22)19-9-14-8-15(25-21-14)10-23-18(4,5)6/h8,11H,7,9-10H2,1-6H3,(H,19,22)/t11-/m0/s1. The maximum Gasteiger partial charge on any atom is 0.223 e. The smallest absolute Gasteiger partial charge is 0.223 e. The Kier molecular flexibility index (Phi) is 6.00. The summed E-state index contributed by atoms with van der Waals surface area (Å²) >= 11 is 0. The van der Waals surface area contributed by atoms with Crippen LogP contribution in [0.25, 0.3) is 0 Å². The van der Waals surface area contributed by atoms with Gasteiger partial charge in [0.25, 0.3) is 0 Å². The Morgan fingerprint density at radius 2 is 2.00 bits per heavy atom. The highest BCUT2D eigenvalue weighted by molar-refractivity contribution is 5.78. The zero-order chi connectivity index (χ0) is 18.6. The third-order valence-electron chi connectivity index (χ3n) is 3.84. The minimum Gasteiger partial charge on any atom is -0.368 e. The minimum atomic E-state index is -0.241. The van der Waals surface area contributed by atoms with E-state index in [0.717, 1.165) is 17.0 Å². The van der Waals surface area contributed by atoms with E-state index in [4.69, 9.17) is 13.8 Å². The number of nitrogens with zero attached hydrogens (tertiary/aromatic N) is 2. The molecule has 1 N–H and O–H groups in total. The molecule has 7 heteroatoms. The van der Waals surface area contributed by atoms with Crippen molar-refractivity contribution in [3.8, 4) is 0 Å². The van der Waals surface area contributed by atoms with Crippen molar-refractivity contribution in [3.63, 3.8) is 0 Å². The Morgan fingerprint density at radius 1 is 1.28 bits per heavy atom. The van der Waals surface area contributed by atoms with Crippen molar-refractivity contribution in [2.24, 2.45) is 5.92 Å². The average molecular weight is 349 g/mol. The second-order valence-electron chi connectivity index (χ2n) is 7.31. The summed E-state index contributed by atoms with van der Waals surface area (Å²) in [5.74, 6) is 1.17. The molecular formula is C18H27N3O4. The van der Waals surface area contributed by atoms with E-state index in [0.29, 0.717) is 31.0 Å². The van der Waals surface area contributed by atoms with Crippen LogP contribution in [0.2, 0.25) is 0 Å². The summed E-state index contributed by atoms with van der Waals surface area (Å²) in [4.78, 5) is 12.3. The Morgan fingerprint density at radius 3 is 2.60 bits per heavy atom. The van der Waals surface area contributed by atoms with Crippen molar-refractivity contribution in [2.75, 3.05) is 0 Å². The van der Waals surface area contributed by atoms with Crippen LogP contribution in [0.5, 0.6) is 0 Å². The van der Waals surface area contributed by atoms with Gasteiger partial charge in [-0.3, -0.25) is 4.79 Å². The molecule has 0 aliphatic carbocycles. The summed E-state index contributed by atoms with van der Waals surface area (Å²) in [5, 5.41) is 10.8. The van der Waals surface area contributed by atoms with Gasteiger partial charge in [-0.25, -0.2) is 0 Å². The van der Waals surface area contributed by atoms with Crippen molar-refractivity contribution in [1.82, 2.24) is 15.6 Å².